The fourth-order valence-electron chi connectivity index (χ4n) is 1.67. The Morgan fingerprint density at radius 2 is 2.00 bits per heavy atom. The van der Waals surface area contributed by atoms with Crippen LogP contribution in [0.4, 0.5) is 0 Å². The molecule has 13 heavy (non-hydrogen) atoms. The molecule has 0 amide bonds. The lowest BCUT2D eigenvalue weighted by Crippen LogP contribution is -1.86. The monoisotopic (exact) mass is 172 g/mol. The van der Waals surface area contributed by atoms with Crippen LogP contribution in [-0.4, -0.2) is 7.11 Å². The number of hydrogen-bond donors (Lipinski definition) is 0. The molecule has 1 aliphatic rings. The molecule has 1 aliphatic carbocycles. The lowest BCUT2D eigenvalue weighted by atomic mass is 10.1. The Morgan fingerprint density at radius 1 is 1.23 bits per heavy atom. The first-order chi connectivity index (χ1) is 6.22. The van der Waals surface area contributed by atoms with E-state index in [4.69, 9.17) is 4.74 Å². The van der Waals surface area contributed by atoms with E-state index in [-0.39, 0.29) is 0 Å². The number of benzene rings is 1. The zero-order valence-electron chi connectivity index (χ0n) is 7.92. The molecule has 66 valence electrons. The van der Waals surface area contributed by atoms with Crippen molar-refractivity contribution in [2.45, 2.75) is 6.92 Å². The minimum absolute atomic E-state index is 0.904. The summed E-state index contributed by atoms with van der Waals surface area (Å²) < 4.78 is 5.17. The van der Waals surface area contributed by atoms with Gasteiger partial charge in [-0.05, 0) is 41.3 Å². The highest BCUT2D eigenvalue weighted by molar-refractivity contribution is 5.94. The standard InChI is InChI=1S/C12H12O/c1-8-6-9(2)12-7-10(13-3)4-5-11(8)12/h4-7H,1H2,2-3H3. The number of allylic oxidation sites excluding steroid dienone is 3. The van der Waals surface area contributed by atoms with Crippen LogP contribution in [-0.2, 0) is 0 Å². The van der Waals surface area contributed by atoms with Gasteiger partial charge >= 0.3 is 0 Å². The molecule has 0 saturated heterocycles. The van der Waals surface area contributed by atoms with Gasteiger partial charge < -0.3 is 4.74 Å². The fourth-order valence-corrected chi connectivity index (χ4v) is 1.67. The molecule has 0 heterocycles. The highest BCUT2D eigenvalue weighted by Gasteiger charge is 2.13. The van der Waals surface area contributed by atoms with Gasteiger partial charge in [-0.2, -0.15) is 0 Å². The van der Waals surface area contributed by atoms with Crippen molar-refractivity contribution in [2.24, 2.45) is 0 Å². The average Bonchev–Trinajstić information content (AvgIpc) is 2.42. The van der Waals surface area contributed by atoms with Crippen molar-refractivity contribution in [1.29, 1.82) is 0 Å². The van der Waals surface area contributed by atoms with Gasteiger partial charge in [0, 0.05) is 0 Å². The van der Waals surface area contributed by atoms with Gasteiger partial charge in [0.25, 0.3) is 0 Å². The van der Waals surface area contributed by atoms with Crippen LogP contribution in [0, 0.1) is 0 Å². The fraction of sp³-hybridized carbons (Fsp3) is 0.167. The summed E-state index contributed by atoms with van der Waals surface area (Å²) in [5, 5.41) is 0. The average molecular weight is 172 g/mol. The Hall–Kier alpha value is -1.50. The maximum atomic E-state index is 5.17. The van der Waals surface area contributed by atoms with E-state index < -0.39 is 0 Å². The van der Waals surface area contributed by atoms with Gasteiger partial charge in [0.2, 0.25) is 0 Å². The highest BCUT2D eigenvalue weighted by atomic mass is 16.5. The molecule has 2 rings (SSSR count). The molecule has 0 unspecified atom stereocenters. The van der Waals surface area contributed by atoms with Gasteiger partial charge in [-0.3, -0.25) is 0 Å². The van der Waals surface area contributed by atoms with Crippen LogP contribution in [0.2, 0.25) is 0 Å². The Balaban J connectivity index is 2.59. The summed E-state index contributed by atoms with van der Waals surface area (Å²) in [6.45, 7) is 6.08. The number of hydrogen-bond acceptors (Lipinski definition) is 1. The molecule has 1 heteroatoms. The van der Waals surface area contributed by atoms with E-state index in [9.17, 15) is 0 Å². The van der Waals surface area contributed by atoms with Gasteiger partial charge in [0.1, 0.15) is 5.75 Å². The second-order valence-corrected chi connectivity index (χ2v) is 3.26. The lowest BCUT2D eigenvalue weighted by Gasteiger charge is -2.04. The second kappa shape index (κ2) is 2.77. The summed E-state index contributed by atoms with van der Waals surface area (Å²) in [6.07, 6.45) is 2.10. The summed E-state index contributed by atoms with van der Waals surface area (Å²) in [5.41, 5.74) is 4.82. The van der Waals surface area contributed by atoms with Crippen molar-refractivity contribution in [2.75, 3.05) is 7.11 Å². The zero-order valence-corrected chi connectivity index (χ0v) is 7.92. The molecular formula is C12H12O. The van der Waals surface area contributed by atoms with Crippen molar-refractivity contribution in [3.05, 3.63) is 42.0 Å². The molecular weight excluding hydrogens is 160 g/mol. The first-order valence-corrected chi connectivity index (χ1v) is 4.28. The molecule has 0 atom stereocenters. The second-order valence-electron chi connectivity index (χ2n) is 3.26. The van der Waals surface area contributed by atoms with Crippen LogP contribution in [0.3, 0.4) is 0 Å². The maximum absolute atomic E-state index is 5.17. The minimum Gasteiger partial charge on any atom is -0.497 e. The van der Waals surface area contributed by atoms with Gasteiger partial charge in [-0.15, -0.1) is 0 Å². The number of ether oxygens (including phenoxy) is 1. The van der Waals surface area contributed by atoms with Crippen LogP contribution < -0.4 is 4.74 Å². The third-order valence-corrected chi connectivity index (χ3v) is 2.39. The van der Waals surface area contributed by atoms with Crippen LogP contribution in [0.1, 0.15) is 18.1 Å². The Morgan fingerprint density at radius 3 is 2.69 bits per heavy atom. The molecule has 0 fully saturated rings. The molecule has 0 saturated carbocycles. The van der Waals surface area contributed by atoms with E-state index in [0.29, 0.717) is 0 Å². The van der Waals surface area contributed by atoms with E-state index in [2.05, 4.69) is 31.7 Å². The van der Waals surface area contributed by atoms with Gasteiger partial charge in [-0.1, -0.05) is 18.7 Å². The van der Waals surface area contributed by atoms with Gasteiger partial charge in [0.15, 0.2) is 0 Å². The van der Waals surface area contributed by atoms with E-state index in [1.54, 1.807) is 7.11 Å². The summed E-state index contributed by atoms with van der Waals surface area (Å²) in [5.74, 6) is 0.904. The summed E-state index contributed by atoms with van der Waals surface area (Å²) in [4.78, 5) is 0. The summed E-state index contributed by atoms with van der Waals surface area (Å²) in [6, 6.07) is 6.08. The van der Waals surface area contributed by atoms with E-state index >= 15 is 0 Å². The summed E-state index contributed by atoms with van der Waals surface area (Å²) in [7, 11) is 1.69. The molecule has 0 radical (unpaired) electrons. The molecule has 0 bridgehead atoms. The molecule has 0 spiro atoms. The third kappa shape index (κ3) is 1.17. The Labute approximate surface area is 78.3 Å². The topological polar surface area (TPSA) is 9.23 Å². The highest BCUT2D eigenvalue weighted by Crippen LogP contribution is 2.35. The van der Waals surface area contributed by atoms with Crippen molar-refractivity contribution < 1.29 is 4.74 Å². The molecule has 1 nitrogen and oxygen atoms in total. The van der Waals surface area contributed by atoms with Gasteiger partial charge in [0.05, 0.1) is 7.11 Å². The zero-order chi connectivity index (χ0) is 9.42. The van der Waals surface area contributed by atoms with Crippen molar-refractivity contribution in [3.63, 3.8) is 0 Å². The van der Waals surface area contributed by atoms with Crippen molar-refractivity contribution in [3.8, 4) is 5.75 Å². The first-order valence-electron chi connectivity index (χ1n) is 4.28. The SMILES string of the molecule is C=C1C=C(C)c2cc(OC)ccc21. The number of fused-ring (bicyclic) bond motifs is 1. The minimum atomic E-state index is 0.904. The predicted octanol–water partition coefficient (Wildman–Crippen LogP) is 3.13. The Kier molecular flexibility index (Phi) is 1.73. The Bertz CT molecular complexity index is 400. The predicted molar refractivity (Wildman–Crippen MR) is 55.7 cm³/mol. The molecule has 0 aromatic heterocycles. The van der Waals surface area contributed by atoms with Crippen LogP contribution in [0.15, 0.2) is 30.9 Å². The molecule has 1 aromatic rings. The first kappa shape index (κ1) is 8.11. The quantitative estimate of drug-likeness (QED) is 0.632. The summed E-state index contributed by atoms with van der Waals surface area (Å²) >= 11 is 0. The van der Waals surface area contributed by atoms with Gasteiger partial charge in [-0.25, -0.2) is 0 Å². The third-order valence-electron chi connectivity index (χ3n) is 2.39. The van der Waals surface area contributed by atoms with Crippen LogP contribution >= 0.6 is 0 Å². The van der Waals surface area contributed by atoms with E-state index in [1.807, 2.05) is 6.07 Å². The van der Waals surface area contributed by atoms with Crippen molar-refractivity contribution >= 4 is 11.1 Å². The smallest absolute Gasteiger partial charge is 0.119 e. The van der Waals surface area contributed by atoms with Crippen LogP contribution in [0.5, 0.6) is 5.75 Å². The lowest BCUT2D eigenvalue weighted by molar-refractivity contribution is 0.414. The molecule has 0 aliphatic heterocycles. The maximum Gasteiger partial charge on any atom is 0.119 e. The molecule has 1 aromatic carbocycles. The van der Waals surface area contributed by atoms with Crippen molar-refractivity contribution in [1.82, 2.24) is 0 Å². The van der Waals surface area contributed by atoms with Crippen LogP contribution in [0.25, 0.3) is 11.1 Å². The number of rotatable bonds is 1. The number of methoxy groups -OCH3 is 1. The largest absolute Gasteiger partial charge is 0.497 e. The molecule has 0 N–H and O–H groups in total. The normalized spacial score (nSPS) is 14.0. The van der Waals surface area contributed by atoms with E-state index in [0.717, 1.165) is 11.3 Å². The van der Waals surface area contributed by atoms with E-state index in [1.165, 1.54) is 16.7 Å².